The molecule has 20 heavy (non-hydrogen) atoms. The summed E-state index contributed by atoms with van der Waals surface area (Å²) in [5, 5.41) is 12.1. The van der Waals surface area contributed by atoms with Crippen molar-refractivity contribution in [2.75, 3.05) is 12.3 Å². The number of hydrogen-bond acceptors (Lipinski definition) is 5. The Morgan fingerprint density at radius 3 is 2.80 bits per heavy atom. The normalized spacial score (nSPS) is 21.1. The number of nitrogen functional groups attached to an aromatic ring is 1. The molecule has 0 spiro atoms. The smallest absolute Gasteiger partial charge is 0.263 e. The van der Waals surface area contributed by atoms with Gasteiger partial charge < -0.3 is 11.1 Å². The van der Waals surface area contributed by atoms with Crippen molar-refractivity contribution >= 4 is 33.1 Å². The van der Waals surface area contributed by atoms with Crippen molar-refractivity contribution in [2.24, 2.45) is 11.8 Å². The summed E-state index contributed by atoms with van der Waals surface area (Å²) in [6.07, 6.45) is 1.20. The molecule has 1 aliphatic carbocycles. The summed E-state index contributed by atoms with van der Waals surface area (Å²) in [6, 6.07) is 0. The minimum absolute atomic E-state index is 0.0957. The Balaban J connectivity index is 1.89. The zero-order chi connectivity index (χ0) is 14.4. The Morgan fingerprint density at radius 2 is 2.15 bits per heavy atom. The van der Waals surface area contributed by atoms with Crippen LogP contribution in [0.2, 0.25) is 0 Å². The van der Waals surface area contributed by atoms with Crippen molar-refractivity contribution in [2.45, 2.75) is 27.2 Å². The second-order valence-electron chi connectivity index (χ2n) is 5.62. The number of nitrogens with two attached hydrogens (primary N) is 1. The summed E-state index contributed by atoms with van der Waals surface area (Å²) in [5.74, 6) is 1.26. The highest BCUT2D eigenvalue weighted by Crippen LogP contribution is 2.37. The molecular weight excluding hydrogens is 272 g/mol. The van der Waals surface area contributed by atoms with Gasteiger partial charge in [-0.1, -0.05) is 6.92 Å². The average molecular weight is 290 g/mol. The van der Waals surface area contributed by atoms with Gasteiger partial charge in [0.15, 0.2) is 0 Å². The Labute approximate surface area is 121 Å². The molecule has 0 aromatic carbocycles. The Hall–Kier alpha value is -1.69. The predicted molar refractivity (Wildman–Crippen MR) is 80.9 cm³/mol. The van der Waals surface area contributed by atoms with Crippen LogP contribution in [-0.4, -0.2) is 22.6 Å². The zero-order valence-corrected chi connectivity index (χ0v) is 12.7. The third kappa shape index (κ3) is 2.14. The van der Waals surface area contributed by atoms with Gasteiger partial charge in [-0.2, -0.15) is 5.10 Å². The van der Waals surface area contributed by atoms with Crippen LogP contribution in [0.25, 0.3) is 10.2 Å². The van der Waals surface area contributed by atoms with Gasteiger partial charge in [-0.3, -0.25) is 4.79 Å². The van der Waals surface area contributed by atoms with E-state index < -0.39 is 0 Å². The van der Waals surface area contributed by atoms with Gasteiger partial charge in [0.1, 0.15) is 9.71 Å². The molecule has 2 heterocycles. The summed E-state index contributed by atoms with van der Waals surface area (Å²) in [7, 11) is 0. The van der Waals surface area contributed by atoms with Gasteiger partial charge in [-0.05, 0) is 37.7 Å². The molecule has 3 N–H and O–H groups in total. The molecular formula is C14H18N4OS. The molecule has 1 aliphatic rings. The van der Waals surface area contributed by atoms with Crippen LogP contribution in [-0.2, 0) is 0 Å². The summed E-state index contributed by atoms with van der Waals surface area (Å²) < 4.78 is 0. The highest BCUT2D eigenvalue weighted by atomic mass is 32.1. The van der Waals surface area contributed by atoms with Gasteiger partial charge >= 0.3 is 0 Å². The maximum atomic E-state index is 12.2. The lowest BCUT2D eigenvalue weighted by atomic mass is 10.1. The number of nitrogens with zero attached hydrogens (tertiary/aromatic N) is 2. The Morgan fingerprint density at radius 1 is 1.45 bits per heavy atom. The van der Waals surface area contributed by atoms with Crippen LogP contribution >= 0.6 is 11.3 Å². The molecule has 1 fully saturated rings. The molecule has 0 bridgehead atoms. The van der Waals surface area contributed by atoms with Crippen molar-refractivity contribution in [1.82, 2.24) is 15.5 Å². The minimum atomic E-state index is -0.0957. The van der Waals surface area contributed by atoms with E-state index in [-0.39, 0.29) is 5.91 Å². The van der Waals surface area contributed by atoms with E-state index >= 15 is 0 Å². The average Bonchev–Trinajstić information content (AvgIpc) is 3.01. The van der Waals surface area contributed by atoms with Crippen LogP contribution in [0.15, 0.2) is 0 Å². The van der Waals surface area contributed by atoms with E-state index in [1.165, 1.54) is 17.8 Å². The Bertz CT molecular complexity index is 694. The van der Waals surface area contributed by atoms with E-state index in [1.807, 2.05) is 13.8 Å². The second-order valence-corrected chi connectivity index (χ2v) is 6.62. The number of nitrogens with one attached hydrogen (secondary N) is 1. The molecule has 1 saturated carbocycles. The third-order valence-corrected chi connectivity index (χ3v) is 5.23. The van der Waals surface area contributed by atoms with Gasteiger partial charge in [-0.25, -0.2) is 0 Å². The second kappa shape index (κ2) is 4.70. The van der Waals surface area contributed by atoms with Gasteiger partial charge in [0.25, 0.3) is 5.91 Å². The van der Waals surface area contributed by atoms with E-state index in [1.54, 1.807) is 0 Å². The highest BCUT2D eigenvalue weighted by Gasteiger charge is 2.32. The number of aromatic nitrogens is 2. The molecule has 0 saturated heterocycles. The van der Waals surface area contributed by atoms with E-state index in [2.05, 4.69) is 22.4 Å². The first kappa shape index (κ1) is 13.3. The Kier molecular flexibility index (Phi) is 3.12. The lowest BCUT2D eigenvalue weighted by Crippen LogP contribution is -2.25. The van der Waals surface area contributed by atoms with Crippen molar-refractivity contribution in [3.05, 3.63) is 16.1 Å². The van der Waals surface area contributed by atoms with Crippen molar-refractivity contribution in [3.8, 4) is 0 Å². The first-order valence-corrected chi connectivity index (χ1v) is 7.60. The van der Waals surface area contributed by atoms with Crippen molar-refractivity contribution in [1.29, 1.82) is 0 Å². The van der Waals surface area contributed by atoms with E-state index in [4.69, 9.17) is 5.73 Å². The summed E-state index contributed by atoms with van der Waals surface area (Å²) in [5.41, 5.74) is 8.52. The number of anilines is 1. The van der Waals surface area contributed by atoms with Crippen LogP contribution in [0.5, 0.6) is 0 Å². The molecule has 2 unspecified atom stereocenters. The molecule has 1 amide bonds. The minimum Gasteiger partial charge on any atom is -0.397 e. The van der Waals surface area contributed by atoms with Gasteiger partial charge in [0, 0.05) is 11.9 Å². The first-order chi connectivity index (χ1) is 9.49. The number of rotatable bonds is 3. The standard InChI is InChI=1S/C14H18N4OS/c1-6-4-9(6)5-16-13(19)12-11(15)10-7(2)8(3)17-18-14(10)20-12/h6,9H,4-5,15H2,1-3H3,(H,16,19). The fourth-order valence-corrected chi connectivity index (χ4v) is 3.41. The quantitative estimate of drug-likeness (QED) is 0.908. The molecule has 5 nitrogen and oxygen atoms in total. The lowest BCUT2D eigenvalue weighted by molar-refractivity contribution is 0.0956. The summed E-state index contributed by atoms with van der Waals surface area (Å²) in [6.45, 7) is 6.79. The maximum absolute atomic E-state index is 12.2. The van der Waals surface area contributed by atoms with Gasteiger partial charge in [0.05, 0.1) is 11.4 Å². The molecule has 0 aliphatic heterocycles. The molecule has 2 aromatic rings. The topological polar surface area (TPSA) is 80.9 Å². The summed E-state index contributed by atoms with van der Waals surface area (Å²) in [4.78, 5) is 13.5. The lowest BCUT2D eigenvalue weighted by Gasteiger charge is -2.03. The highest BCUT2D eigenvalue weighted by molar-refractivity contribution is 7.21. The number of carbonyl (C=O) groups is 1. The first-order valence-electron chi connectivity index (χ1n) is 6.79. The SMILES string of the molecule is Cc1nnc2sc(C(=O)NCC3CC3C)c(N)c2c1C. The zero-order valence-electron chi connectivity index (χ0n) is 11.9. The molecule has 106 valence electrons. The van der Waals surface area contributed by atoms with Crippen molar-refractivity contribution < 1.29 is 4.79 Å². The fourth-order valence-electron chi connectivity index (χ4n) is 2.40. The molecule has 2 atom stereocenters. The number of thiophene rings is 1. The number of carbonyl (C=O) groups excluding carboxylic acids is 1. The largest absolute Gasteiger partial charge is 0.397 e. The monoisotopic (exact) mass is 290 g/mol. The van der Waals surface area contributed by atoms with Crippen LogP contribution in [0.4, 0.5) is 5.69 Å². The van der Waals surface area contributed by atoms with E-state index in [0.29, 0.717) is 16.5 Å². The van der Waals surface area contributed by atoms with Gasteiger partial charge in [0.2, 0.25) is 0 Å². The maximum Gasteiger partial charge on any atom is 0.263 e. The van der Waals surface area contributed by atoms with Crippen LogP contribution in [0.3, 0.4) is 0 Å². The molecule has 0 radical (unpaired) electrons. The molecule has 2 aromatic heterocycles. The van der Waals surface area contributed by atoms with Crippen molar-refractivity contribution in [3.63, 3.8) is 0 Å². The molecule has 3 rings (SSSR count). The molecule has 6 heteroatoms. The van der Waals surface area contributed by atoms with Crippen LogP contribution in [0.1, 0.15) is 34.3 Å². The van der Waals surface area contributed by atoms with Gasteiger partial charge in [-0.15, -0.1) is 16.4 Å². The summed E-state index contributed by atoms with van der Waals surface area (Å²) >= 11 is 1.32. The van der Waals surface area contributed by atoms with E-state index in [9.17, 15) is 4.79 Å². The number of hydrogen-bond donors (Lipinski definition) is 2. The predicted octanol–water partition coefficient (Wildman–Crippen LogP) is 2.28. The van der Waals surface area contributed by atoms with Crippen LogP contribution in [0, 0.1) is 25.7 Å². The van der Waals surface area contributed by atoms with Crippen LogP contribution < -0.4 is 11.1 Å². The number of amides is 1. The third-order valence-electron chi connectivity index (χ3n) is 4.14. The van der Waals surface area contributed by atoms with E-state index in [0.717, 1.165) is 33.9 Å². The number of aryl methyl sites for hydroxylation is 2. The fraction of sp³-hybridized carbons (Fsp3) is 0.500. The number of fused-ring (bicyclic) bond motifs is 1.